The summed E-state index contributed by atoms with van der Waals surface area (Å²) in [5.74, 6) is 1.37. The topological polar surface area (TPSA) is 32.3 Å². The number of carbonyl (C=O) groups is 1. The Kier molecular flexibility index (Phi) is 4.06. The lowest BCUT2D eigenvalue weighted by Crippen LogP contribution is -2.60. The van der Waals surface area contributed by atoms with Crippen LogP contribution in [0.15, 0.2) is 0 Å². The van der Waals surface area contributed by atoms with Gasteiger partial charge in [-0.05, 0) is 93.0 Å². The van der Waals surface area contributed by atoms with Gasteiger partial charge in [0.2, 0.25) is 5.91 Å². The Bertz CT molecular complexity index is 552. The quantitative estimate of drug-likeness (QED) is 0.760. The number of piperidine rings is 1. The molecule has 4 saturated carbocycles. The molecular weight excluding hydrogens is 332 g/mol. The minimum absolute atomic E-state index is 0. The van der Waals surface area contributed by atoms with Gasteiger partial charge in [0.25, 0.3) is 0 Å². The monoisotopic (exact) mass is 366 g/mol. The molecule has 4 bridgehead atoms. The van der Waals surface area contributed by atoms with Crippen LogP contribution in [0.3, 0.4) is 0 Å². The highest BCUT2D eigenvalue weighted by Crippen LogP contribution is 2.70. The molecular formula is C21H35ClN2O. The van der Waals surface area contributed by atoms with Crippen LogP contribution in [0.25, 0.3) is 0 Å². The van der Waals surface area contributed by atoms with Crippen molar-refractivity contribution in [2.24, 2.45) is 27.6 Å². The van der Waals surface area contributed by atoms with E-state index in [-0.39, 0.29) is 17.8 Å². The molecule has 2 saturated heterocycles. The third kappa shape index (κ3) is 2.76. The van der Waals surface area contributed by atoms with E-state index in [1.54, 1.807) is 0 Å². The molecule has 1 spiro atoms. The van der Waals surface area contributed by atoms with Gasteiger partial charge in [-0.25, -0.2) is 0 Å². The molecule has 0 aromatic heterocycles. The molecule has 2 unspecified atom stereocenters. The Balaban J connectivity index is 0.00000157. The van der Waals surface area contributed by atoms with Crippen LogP contribution < -0.4 is 5.32 Å². The molecule has 0 aromatic rings. The molecule has 0 radical (unpaired) electrons. The molecule has 6 fully saturated rings. The second-order valence-corrected chi connectivity index (χ2v) is 11.1. The summed E-state index contributed by atoms with van der Waals surface area (Å²) in [4.78, 5) is 16.0. The number of carbonyl (C=O) groups excluding carboxylic acids is 1. The van der Waals surface area contributed by atoms with Gasteiger partial charge in [-0.15, -0.1) is 12.4 Å². The SMILES string of the molecule is CC12CC3CC(C)(C1)CC(C(=O)N1CCC4(CCNCC4)C1)(C3)C2.Cl. The Morgan fingerprint density at radius 1 is 0.960 bits per heavy atom. The lowest BCUT2D eigenvalue weighted by atomic mass is 9.40. The average Bonchev–Trinajstić information content (AvgIpc) is 2.87. The summed E-state index contributed by atoms with van der Waals surface area (Å²) in [7, 11) is 0. The maximum Gasteiger partial charge on any atom is 0.228 e. The molecule has 2 heterocycles. The van der Waals surface area contributed by atoms with Crippen molar-refractivity contribution in [2.75, 3.05) is 26.2 Å². The molecule has 0 aromatic carbocycles. The Hall–Kier alpha value is -0.280. The van der Waals surface area contributed by atoms with E-state index in [9.17, 15) is 4.79 Å². The zero-order valence-corrected chi connectivity index (χ0v) is 16.8. The summed E-state index contributed by atoms with van der Waals surface area (Å²) in [6.07, 6.45) is 11.5. The van der Waals surface area contributed by atoms with E-state index in [4.69, 9.17) is 0 Å². The van der Waals surface area contributed by atoms with E-state index in [1.807, 2.05) is 0 Å². The van der Waals surface area contributed by atoms with Gasteiger partial charge in [-0.2, -0.15) is 0 Å². The summed E-state index contributed by atoms with van der Waals surface area (Å²) < 4.78 is 0. The maximum atomic E-state index is 13.7. The van der Waals surface area contributed by atoms with E-state index in [2.05, 4.69) is 24.1 Å². The molecule has 1 amide bonds. The Morgan fingerprint density at radius 2 is 1.60 bits per heavy atom. The second kappa shape index (κ2) is 5.61. The van der Waals surface area contributed by atoms with Crippen molar-refractivity contribution in [3.05, 3.63) is 0 Å². The summed E-state index contributed by atoms with van der Waals surface area (Å²) >= 11 is 0. The molecule has 4 aliphatic carbocycles. The van der Waals surface area contributed by atoms with Crippen LogP contribution in [0, 0.1) is 27.6 Å². The standard InChI is InChI=1S/C21H34N2O.ClH/c1-18-9-16-10-19(2,12-18)14-21(11-16,13-18)17(24)23-8-5-20(15-23)3-6-22-7-4-20;/h16,22H,3-15H2,1-2H3;1H. The summed E-state index contributed by atoms with van der Waals surface area (Å²) in [6.45, 7) is 9.33. The van der Waals surface area contributed by atoms with E-state index in [0.29, 0.717) is 22.2 Å². The molecule has 2 aliphatic heterocycles. The predicted molar refractivity (Wildman–Crippen MR) is 103 cm³/mol. The van der Waals surface area contributed by atoms with Gasteiger partial charge in [0, 0.05) is 13.1 Å². The molecule has 25 heavy (non-hydrogen) atoms. The fraction of sp³-hybridized carbons (Fsp3) is 0.952. The number of hydrogen-bond acceptors (Lipinski definition) is 2. The third-order valence-corrected chi connectivity index (χ3v) is 8.47. The number of nitrogens with zero attached hydrogens (tertiary/aromatic N) is 1. The van der Waals surface area contributed by atoms with E-state index in [1.165, 1.54) is 57.8 Å². The second-order valence-electron chi connectivity index (χ2n) is 11.1. The summed E-state index contributed by atoms with van der Waals surface area (Å²) in [6, 6.07) is 0. The molecule has 6 aliphatic rings. The molecule has 1 N–H and O–H groups in total. The number of halogens is 1. The predicted octanol–water partition coefficient (Wildman–Crippen LogP) is 4.01. The van der Waals surface area contributed by atoms with Crippen LogP contribution in [0.2, 0.25) is 0 Å². The lowest BCUT2D eigenvalue weighted by molar-refractivity contribution is -0.179. The fourth-order valence-electron chi connectivity index (χ4n) is 8.50. The number of hydrogen-bond donors (Lipinski definition) is 1. The van der Waals surface area contributed by atoms with E-state index < -0.39 is 0 Å². The van der Waals surface area contributed by atoms with Crippen molar-refractivity contribution < 1.29 is 4.79 Å². The maximum absolute atomic E-state index is 13.7. The lowest BCUT2D eigenvalue weighted by Gasteiger charge is -2.65. The number of rotatable bonds is 1. The van der Waals surface area contributed by atoms with Gasteiger partial charge in [-0.1, -0.05) is 13.8 Å². The number of amides is 1. The normalized spacial score (nSPS) is 47.1. The number of nitrogens with one attached hydrogen (secondary N) is 1. The minimum Gasteiger partial charge on any atom is -0.342 e. The van der Waals surface area contributed by atoms with Crippen molar-refractivity contribution in [3.8, 4) is 0 Å². The molecule has 2 atom stereocenters. The smallest absolute Gasteiger partial charge is 0.228 e. The van der Waals surface area contributed by atoms with Gasteiger partial charge in [0.05, 0.1) is 5.41 Å². The highest BCUT2D eigenvalue weighted by Gasteiger charge is 2.63. The molecule has 4 heteroatoms. The van der Waals surface area contributed by atoms with Gasteiger partial charge in [-0.3, -0.25) is 4.79 Å². The van der Waals surface area contributed by atoms with Crippen LogP contribution in [0.5, 0.6) is 0 Å². The molecule has 3 nitrogen and oxygen atoms in total. The van der Waals surface area contributed by atoms with Crippen LogP contribution in [-0.2, 0) is 4.79 Å². The Labute approximate surface area is 159 Å². The average molecular weight is 367 g/mol. The minimum atomic E-state index is 0. The number of likely N-dealkylation sites (tertiary alicyclic amines) is 1. The van der Waals surface area contributed by atoms with Gasteiger partial charge in [0.1, 0.15) is 0 Å². The van der Waals surface area contributed by atoms with Crippen LogP contribution in [0.1, 0.15) is 71.6 Å². The largest absolute Gasteiger partial charge is 0.342 e. The molecule has 6 rings (SSSR count). The highest BCUT2D eigenvalue weighted by atomic mass is 35.5. The van der Waals surface area contributed by atoms with Crippen molar-refractivity contribution >= 4 is 18.3 Å². The van der Waals surface area contributed by atoms with Crippen molar-refractivity contribution in [3.63, 3.8) is 0 Å². The third-order valence-electron chi connectivity index (χ3n) is 8.47. The zero-order valence-electron chi connectivity index (χ0n) is 16.0. The zero-order chi connectivity index (χ0) is 16.6. The fourth-order valence-corrected chi connectivity index (χ4v) is 8.50. The molecule has 142 valence electrons. The summed E-state index contributed by atoms with van der Waals surface area (Å²) in [5.41, 5.74) is 1.32. The van der Waals surface area contributed by atoms with E-state index in [0.717, 1.165) is 32.1 Å². The van der Waals surface area contributed by atoms with Crippen molar-refractivity contribution in [1.82, 2.24) is 10.2 Å². The van der Waals surface area contributed by atoms with Crippen LogP contribution in [-0.4, -0.2) is 37.0 Å². The Morgan fingerprint density at radius 3 is 2.20 bits per heavy atom. The van der Waals surface area contributed by atoms with Gasteiger partial charge >= 0.3 is 0 Å². The first-order valence-corrected chi connectivity index (χ1v) is 10.3. The first-order valence-electron chi connectivity index (χ1n) is 10.3. The first-order chi connectivity index (χ1) is 11.3. The van der Waals surface area contributed by atoms with Gasteiger partial charge in [0.15, 0.2) is 0 Å². The van der Waals surface area contributed by atoms with E-state index >= 15 is 0 Å². The van der Waals surface area contributed by atoms with Crippen molar-refractivity contribution in [2.45, 2.75) is 71.6 Å². The van der Waals surface area contributed by atoms with Crippen molar-refractivity contribution in [1.29, 1.82) is 0 Å². The van der Waals surface area contributed by atoms with Crippen LogP contribution >= 0.6 is 12.4 Å². The van der Waals surface area contributed by atoms with Gasteiger partial charge < -0.3 is 10.2 Å². The first kappa shape index (κ1) is 18.1. The summed E-state index contributed by atoms with van der Waals surface area (Å²) in [5, 5.41) is 3.50. The van der Waals surface area contributed by atoms with Crippen LogP contribution in [0.4, 0.5) is 0 Å². The highest BCUT2D eigenvalue weighted by molar-refractivity contribution is 5.85.